The summed E-state index contributed by atoms with van der Waals surface area (Å²) in [6, 6.07) is 9.03. The van der Waals surface area contributed by atoms with Gasteiger partial charge >= 0.3 is 0 Å². The second-order valence-electron chi connectivity index (χ2n) is 4.83. The van der Waals surface area contributed by atoms with Crippen molar-refractivity contribution in [1.29, 1.82) is 5.26 Å². The van der Waals surface area contributed by atoms with Crippen LogP contribution >= 0.6 is 23.5 Å². The van der Waals surface area contributed by atoms with Crippen molar-refractivity contribution >= 4 is 23.5 Å². The highest BCUT2D eigenvalue weighted by molar-refractivity contribution is 8.06. The summed E-state index contributed by atoms with van der Waals surface area (Å²) < 4.78 is 5.50. The summed E-state index contributed by atoms with van der Waals surface area (Å²) in [5.41, 5.74) is 0.562. The largest absolute Gasteiger partial charge is 0.491 e. The van der Waals surface area contributed by atoms with Gasteiger partial charge in [0.1, 0.15) is 18.5 Å². The van der Waals surface area contributed by atoms with E-state index in [1.165, 1.54) is 17.3 Å². The lowest BCUT2D eigenvalue weighted by atomic mass is 10.2. The topological polar surface area (TPSA) is 65.3 Å². The summed E-state index contributed by atoms with van der Waals surface area (Å²) in [6.07, 6.45) is -0.544. The fourth-order valence-electron chi connectivity index (χ4n) is 1.97. The van der Waals surface area contributed by atoms with Gasteiger partial charge in [0.2, 0.25) is 0 Å². The Morgan fingerprint density at radius 2 is 2.38 bits per heavy atom. The van der Waals surface area contributed by atoms with Gasteiger partial charge in [-0.25, -0.2) is 0 Å². The smallest absolute Gasteiger partial charge is 0.120 e. The minimum atomic E-state index is -0.544. The van der Waals surface area contributed by atoms with E-state index in [1.807, 2.05) is 23.5 Å². The Labute approximate surface area is 134 Å². The van der Waals surface area contributed by atoms with Crippen LogP contribution in [0.5, 0.6) is 5.75 Å². The number of aliphatic hydroxyl groups excluding tert-OH is 1. The number of nitriles is 1. The molecule has 0 spiro atoms. The average Bonchev–Trinajstić information content (AvgIpc) is 2.54. The lowest BCUT2D eigenvalue weighted by molar-refractivity contribution is 0.106. The van der Waals surface area contributed by atoms with Gasteiger partial charge in [0.05, 0.1) is 11.6 Å². The standard InChI is InChI=1S/C15H20N2O2S2/c16-7-12-2-1-3-14(6-12)19-10-13(18)8-17-9-15-11-20-4-5-21-15/h1-3,6,13,15,17-18H,4-5,8-11H2. The van der Waals surface area contributed by atoms with E-state index in [1.54, 1.807) is 24.3 Å². The lowest BCUT2D eigenvalue weighted by Crippen LogP contribution is -2.36. The first-order valence-electron chi connectivity index (χ1n) is 6.99. The third-order valence-electron chi connectivity index (χ3n) is 3.04. The third-order valence-corrected chi connectivity index (χ3v) is 5.89. The third kappa shape index (κ3) is 6.18. The summed E-state index contributed by atoms with van der Waals surface area (Å²) in [5, 5.41) is 22.7. The zero-order chi connectivity index (χ0) is 14.9. The molecular formula is C15H20N2O2S2. The quantitative estimate of drug-likeness (QED) is 0.796. The number of nitrogens with one attached hydrogen (secondary N) is 1. The fraction of sp³-hybridized carbons (Fsp3) is 0.533. The zero-order valence-corrected chi connectivity index (χ0v) is 13.5. The van der Waals surface area contributed by atoms with E-state index in [-0.39, 0.29) is 6.61 Å². The fourth-order valence-corrected chi connectivity index (χ4v) is 4.62. The van der Waals surface area contributed by atoms with Crippen LogP contribution in [0.4, 0.5) is 0 Å². The second kappa shape index (κ2) is 9.21. The Hall–Kier alpha value is -0.870. The van der Waals surface area contributed by atoms with Gasteiger partial charge in [-0.1, -0.05) is 6.07 Å². The van der Waals surface area contributed by atoms with E-state index in [9.17, 15) is 5.11 Å². The van der Waals surface area contributed by atoms with Crippen molar-refractivity contribution in [1.82, 2.24) is 5.32 Å². The molecule has 0 saturated carbocycles. The number of aliphatic hydroxyl groups is 1. The summed E-state index contributed by atoms with van der Waals surface area (Å²) in [7, 11) is 0. The number of rotatable bonds is 7. The van der Waals surface area contributed by atoms with Crippen molar-refractivity contribution in [2.75, 3.05) is 37.0 Å². The van der Waals surface area contributed by atoms with Gasteiger partial charge < -0.3 is 15.2 Å². The van der Waals surface area contributed by atoms with Crippen LogP contribution in [0.15, 0.2) is 24.3 Å². The molecule has 0 aromatic heterocycles. The minimum Gasteiger partial charge on any atom is -0.491 e. The Morgan fingerprint density at radius 1 is 1.48 bits per heavy atom. The molecular weight excluding hydrogens is 304 g/mol. The zero-order valence-electron chi connectivity index (χ0n) is 11.8. The number of ether oxygens (including phenoxy) is 1. The van der Waals surface area contributed by atoms with Crippen LogP contribution in [-0.2, 0) is 0 Å². The molecule has 1 aliphatic rings. The van der Waals surface area contributed by atoms with Gasteiger partial charge in [-0.15, -0.1) is 0 Å². The molecule has 0 amide bonds. The number of hydrogen-bond acceptors (Lipinski definition) is 6. The molecule has 1 saturated heterocycles. The maximum Gasteiger partial charge on any atom is 0.120 e. The van der Waals surface area contributed by atoms with E-state index >= 15 is 0 Å². The molecule has 2 N–H and O–H groups in total. The summed E-state index contributed by atoms with van der Waals surface area (Å²) in [5.74, 6) is 4.27. The highest BCUT2D eigenvalue weighted by atomic mass is 32.2. The van der Waals surface area contributed by atoms with Crippen LogP contribution < -0.4 is 10.1 Å². The molecule has 0 radical (unpaired) electrons. The van der Waals surface area contributed by atoms with Gasteiger partial charge in [-0.2, -0.15) is 28.8 Å². The monoisotopic (exact) mass is 324 g/mol. The van der Waals surface area contributed by atoms with Crippen molar-refractivity contribution in [3.05, 3.63) is 29.8 Å². The van der Waals surface area contributed by atoms with Crippen molar-refractivity contribution < 1.29 is 9.84 Å². The molecule has 6 heteroatoms. The molecule has 1 heterocycles. The molecule has 114 valence electrons. The molecule has 21 heavy (non-hydrogen) atoms. The Kier molecular flexibility index (Phi) is 7.24. The maximum atomic E-state index is 9.90. The summed E-state index contributed by atoms with van der Waals surface area (Å²) in [6.45, 7) is 1.69. The van der Waals surface area contributed by atoms with Crippen molar-refractivity contribution in [3.63, 3.8) is 0 Å². The van der Waals surface area contributed by atoms with E-state index in [0.29, 0.717) is 23.1 Å². The number of hydrogen-bond donors (Lipinski definition) is 2. The molecule has 0 aliphatic carbocycles. The first-order chi connectivity index (χ1) is 10.3. The molecule has 1 aromatic rings. The molecule has 0 bridgehead atoms. The Balaban J connectivity index is 1.62. The molecule has 2 atom stereocenters. The lowest BCUT2D eigenvalue weighted by Gasteiger charge is -2.22. The second-order valence-corrected chi connectivity index (χ2v) is 7.39. The molecule has 1 aromatic carbocycles. The molecule has 2 unspecified atom stereocenters. The first-order valence-corrected chi connectivity index (χ1v) is 9.19. The number of benzene rings is 1. The van der Waals surface area contributed by atoms with Gasteiger partial charge in [-0.05, 0) is 18.2 Å². The van der Waals surface area contributed by atoms with Gasteiger partial charge in [-0.3, -0.25) is 0 Å². The first kappa shape index (κ1) is 16.5. The minimum absolute atomic E-state index is 0.231. The van der Waals surface area contributed by atoms with Crippen molar-refractivity contribution in [3.8, 4) is 11.8 Å². The summed E-state index contributed by atoms with van der Waals surface area (Å²) in [4.78, 5) is 0. The van der Waals surface area contributed by atoms with Crippen molar-refractivity contribution in [2.45, 2.75) is 11.4 Å². The van der Waals surface area contributed by atoms with Crippen LogP contribution in [0.25, 0.3) is 0 Å². The number of nitrogens with zero attached hydrogens (tertiary/aromatic N) is 1. The Morgan fingerprint density at radius 3 is 3.14 bits per heavy atom. The van der Waals surface area contributed by atoms with Gasteiger partial charge in [0.15, 0.2) is 0 Å². The van der Waals surface area contributed by atoms with Gasteiger partial charge in [0, 0.05) is 35.6 Å². The summed E-state index contributed by atoms with van der Waals surface area (Å²) >= 11 is 4.00. The maximum absolute atomic E-state index is 9.90. The van der Waals surface area contributed by atoms with Crippen LogP contribution in [-0.4, -0.2) is 53.4 Å². The van der Waals surface area contributed by atoms with Crippen LogP contribution in [0.2, 0.25) is 0 Å². The van der Waals surface area contributed by atoms with Crippen LogP contribution in [0.3, 0.4) is 0 Å². The highest BCUT2D eigenvalue weighted by Gasteiger charge is 2.14. The van der Waals surface area contributed by atoms with Crippen molar-refractivity contribution in [2.24, 2.45) is 0 Å². The van der Waals surface area contributed by atoms with E-state index in [4.69, 9.17) is 10.00 Å². The van der Waals surface area contributed by atoms with Crippen LogP contribution in [0, 0.1) is 11.3 Å². The Bertz CT molecular complexity index is 473. The predicted molar refractivity (Wildman–Crippen MR) is 89.1 cm³/mol. The normalized spacial score (nSPS) is 19.7. The predicted octanol–water partition coefficient (Wildman–Crippen LogP) is 1.74. The van der Waals surface area contributed by atoms with Gasteiger partial charge in [0.25, 0.3) is 0 Å². The SMILES string of the molecule is N#Cc1cccc(OCC(O)CNCC2CSCCS2)c1. The molecule has 2 rings (SSSR count). The van der Waals surface area contributed by atoms with Crippen LogP contribution in [0.1, 0.15) is 5.56 Å². The molecule has 1 aliphatic heterocycles. The van der Waals surface area contributed by atoms with E-state index in [0.717, 1.165) is 6.54 Å². The van der Waals surface area contributed by atoms with E-state index < -0.39 is 6.10 Å². The molecule has 1 fully saturated rings. The molecule has 4 nitrogen and oxygen atoms in total. The number of thioether (sulfide) groups is 2. The average molecular weight is 324 g/mol. The highest BCUT2D eigenvalue weighted by Crippen LogP contribution is 2.23. The van der Waals surface area contributed by atoms with E-state index in [2.05, 4.69) is 11.4 Å².